The average Bonchev–Trinajstić information content (AvgIpc) is 2.90. The third-order valence-electron chi connectivity index (χ3n) is 7.26. The molecule has 3 aliphatic heterocycles. The number of rotatable bonds is 6. The Bertz CT molecular complexity index is 1050. The van der Waals surface area contributed by atoms with Gasteiger partial charge in [0.25, 0.3) is 0 Å². The van der Waals surface area contributed by atoms with Crippen LogP contribution in [0.5, 0.6) is 0 Å². The normalized spacial score (nSPS) is 22.6. The summed E-state index contributed by atoms with van der Waals surface area (Å²) in [6, 6.07) is 5.45. The van der Waals surface area contributed by atoms with E-state index in [1.54, 1.807) is 24.5 Å². The average molecular weight is 505 g/mol. The molecule has 1 aromatic carbocycles. The van der Waals surface area contributed by atoms with Gasteiger partial charge in [-0.2, -0.15) is 13.2 Å². The van der Waals surface area contributed by atoms with E-state index in [1.165, 1.54) is 6.07 Å². The summed E-state index contributed by atoms with van der Waals surface area (Å²) in [4.78, 5) is 28.6. The van der Waals surface area contributed by atoms with Crippen LogP contribution in [0.2, 0.25) is 0 Å². The van der Waals surface area contributed by atoms with Gasteiger partial charge in [-0.25, -0.2) is 9.97 Å². The van der Waals surface area contributed by atoms with E-state index in [0.717, 1.165) is 51.0 Å². The minimum atomic E-state index is -4.42. The highest BCUT2D eigenvalue weighted by molar-refractivity contribution is 5.82. The summed E-state index contributed by atoms with van der Waals surface area (Å²) in [6.45, 7) is 6.36. The Balaban J connectivity index is 1.32. The number of carbonyl (C=O) groups excluding carboxylic acids is 1. The van der Waals surface area contributed by atoms with Crippen molar-refractivity contribution >= 4 is 17.5 Å². The molecule has 11 heteroatoms. The van der Waals surface area contributed by atoms with Crippen molar-refractivity contribution < 1.29 is 22.7 Å². The zero-order valence-electron chi connectivity index (χ0n) is 20.1. The van der Waals surface area contributed by atoms with Gasteiger partial charge in [0.05, 0.1) is 30.7 Å². The molecule has 1 amide bonds. The maximum atomic E-state index is 13.4. The minimum absolute atomic E-state index is 0.120. The van der Waals surface area contributed by atoms with E-state index < -0.39 is 17.7 Å². The number of ether oxygens (including phenoxy) is 1. The summed E-state index contributed by atoms with van der Waals surface area (Å²) >= 11 is 0. The first-order chi connectivity index (χ1) is 17.4. The number of hydrogen-bond acceptors (Lipinski definition) is 7. The summed E-state index contributed by atoms with van der Waals surface area (Å²) in [7, 11) is 0. The molecule has 0 saturated carbocycles. The van der Waals surface area contributed by atoms with Crippen LogP contribution in [0.25, 0.3) is 0 Å². The highest BCUT2D eigenvalue weighted by Gasteiger charge is 2.43. The third-order valence-corrected chi connectivity index (χ3v) is 7.26. The van der Waals surface area contributed by atoms with Crippen molar-refractivity contribution in [1.82, 2.24) is 20.2 Å². The monoisotopic (exact) mass is 504 g/mol. The number of amides is 1. The van der Waals surface area contributed by atoms with Gasteiger partial charge >= 0.3 is 6.18 Å². The highest BCUT2D eigenvalue weighted by Crippen LogP contribution is 2.40. The number of halogens is 3. The highest BCUT2D eigenvalue weighted by atomic mass is 19.4. The molecule has 2 fully saturated rings. The van der Waals surface area contributed by atoms with Crippen LogP contribution >= 0.6 is 0 Å². The molecule has 36 heavy (non-hydrogen) atoms. The van der Waals surface area contributed by atoms with E-state index >= 15 is 0 Å². The maximum absolute atomic E-state index is 13.4. The first-order valence-corrected chi connectivity index (χ1v) is 12.5. The van der Waals surface area contributed by atoms with Crippen molar-refractivity contribution in [2.24, 2.45) is 5.92 Å². The Morgan fingerprint density at radius 3 is 2.64 bits per heavy atom. The molecule has 0 radical (unpaired) electrons. The zero-order chi connectivity index (χ0) is 25.1. The maximum Gasteiger partial charge on any atom is 0.416 e. The summed E-state index contributed by atoms with van der Waals surface area (Å²) in [5, 5.41) is 3.06. The summed E-state index contributed by atoms with van der Waals surface area (Å²) in [6.07, 6.45) is 0.0156. The Morgan fingerprint density at radius 2 is 1.89 bits per heavy atom. The van der Waals surface area contributed by atoms with E-state index in [9.17, 15) is 18.0 Å². The second-order valence-electron chi connectivity index (χ2n) is 9.51. The Morgan fingerprint density at radius 1 is 1.11 bits per heavy atom. The molecule has 2 atom stereocenters. The van der Waals surface area contributed by atoms with Gasteiger partial charge < -0.3 is 19.9 Å². The number of benzene rings is 1. The number of aromatic nitrogens is 2. The number of nitrogens with zero attached hydrogens (tertiary/aromatic N) is 5. The van der Waals surface area contributed by atoms with Crippen molar-refractivity contribution in [2.45, 2.75) is 25.1 Å². The lowest BCUT2D eigenvalue weighted by atomic mass is 9.82. The molecule has 0 spiro atoms. The quantitative estimate of drug-likeness (QED) is 0.605. The Kier molecular flexibility index (Phi) is 7.29. The summed E-state index contributed by atoms with van der Waals surface area (Å²) in [5.41, 5.74) is 0.664. The fourth-order valence-corrected chi connectivity index (χ4v) is 5.41. The smallest absolute Gasteiger partial charge is 0.379 e. The Labute approximate surface area is 208 Å². The largest absolute Gasteiger partial charge is 0.416 e. The van der Waals surface area contributed by atoms with E-state index in [0.29, 0.717) is 37.7 Å². The number of fused-ring (bicyclic) bond motifs is 3. The molecular weight excluding hydrogens is 473 g/mol. The molecular formula is C25H31F3N6O2. The van der Waals surface area contributed by atoms with Crippen molar-refractivity contribution in [3.05, 3.63) is 47.8 Å². The number of hydrogen-bond donors (Lipinski definition) is 1. The SMILES string of the molecule is O=C(NCCCN1CCOCC1)[C@@H]1Cc2cc(C(F)(F)F)ccc2N2CCN(c3ncccn3)C[C@H]12. The molecule has 0 bridgehead atoms. The number of nitrogens with one attached hydrogen (secondary N) is 1. The van der Waals surface area contributed by atoms with Crippen molar-refractivity contribution in [2.75, 3.05) is 68.8 Å². The number of morpholine rings is 1. The van der Waals surface area contributed by atoms with Crippen molar-refractivity contribution in [1.29, 1.82) is 0 Å². The van der Waals surface area contributed by atoms with Crippen molar-refractivity contribution in [3.63, 3.8) is 0 Å². The van der Waals surface area contributed by atoms with Crippen LogP contribution in [0.15, 0.2) is 36.7 Å². The van der Waals surface area contributed by atoms with Gasteiger partial charge in [-0.05, 0) is 49.2 Å². The third kappa shape index (κ3) is 5.41. The lowest BCUT2D eigenvalue weighted by Crippen LogP contribution is -2.61. The second kappa shape index (κ2) is 10.6. The first kappa shape index (κ1) is 24.8. The van der Waals surface area contributed by atoms with Gasteiger partial charge in [-0.15, -0.1) is 0 Å². The van der Waals surface area contributed by atoms with E-state index in [-0.39, 0.29) is 18.4 Å². The fraction of sp³-hybridized carbons (Fsp3) is 0.560. The molecule has 194 valence electrons. The number of anilines is 2. The zero-order valence-corrected chi connectivity index (χ0v) is 20.1. The van der Waals surface area contributed by atoms with Gasteiger partial charge in [0.2, 0.25) is 11.9 Å². The Hall–Kier alpha value is -2.92. The van der Waals surface area contributed by atoms with E-state index in [2.05, 4.69) is 30.0 Å². The van der Waals surface area contributed by atoms with Gasteiger partial charge in [-0.3, -0.25) is 9.69 Å². The second-order valence-corrected chi connectivity index (χ2v) is 9.51. The minimum Gasteiger partial charge on any atom is -0.379 e. The molecule has 8 nitrogen and oxygen atoms in total. The van der Waals surface area contributed by atoms with E-state index in [1.807, 2.05) is 0 Å². The fourth-order valence-electron chi connectivity index (χ4n) is 5.41. The molecule has 0 aliphatic carbocycles. The first-order valence-electron chi connectivity index (χ1n) is 12.5. The number of piperazine rings is 1. The molecule has 1 N–H and O–H groups in total. The lowest BCUT2D eigenvalue weighted by molar-refractivity contribution is -0.137. The standard InChI is InChI=1S/C25H31F3N6O2/c26-25(27,28)19-3-4-21-18(15-19)16-20(23(35)29-7-2-8-32-11-13-36-14-12-32)22-17-33(9-10-34(21)22)24-30-5-1-6-31-24/h1,3-6,15,20,22H,2,7-14,16-17H2,(H,29,35)/t20-,22-/m1/s1. The van der Waals surface area contributed by atoms with Crippen LogP contribution in [0.4, 0.5) is 24.8 Å². The van der Waals surface area contributed by atoms with Crippen LogP contribution in [0.3, 0.4) is 0 Å². The molecule has 2 aromatic rings. The number of carbonyl (C=O) groups is 1. The predicted octanol–water partition coefficient (Wildman–Crippen LogP) is 2.20. The van der Waals surface area contributed by atoms with Gasteiger partial charge in [0, 0.05) is 57.3 Å². The number of alkyl halides is 3. The summed E-state index contributed by atoms with van der Waals surface area (Å²) in [5.74, 6) is 0.00166. The molecule has 0 unspecified atom stereocenters. The topological polar surface area (TPSA) is 73.8 Å². The van der Waals surface area contributed by atoms with Crippen LogP contribution < -0.4 is 15.1 Å². The molecule has 4 heterocycles. The van der Waals surface area contributed by atoms with Crippen LogP contribution in [0.1, 0.15) is 17.5 Å². The van der Waals surface area contributed by atoms with Crippen molar-refractivity contribution in [3.8, 4) is 0 Å². The molecule has 2 saturated heterocycles. The van der Waals surface area contributed by atoms with Crippen LogP contribution in [-0.4, -0.2) is 85.8 Å². The van der Waals surface area contributed by atoms with Gasteiger partial charge in [0.1, 0.15) is 0 Å². The van der Waals surface area contributed by atoms with E-state index in [4.69, 9.17) is 4.74 Å². The van der Waals surface area contributed by atoms with Crippen LogP contribution in [0, 0.1) is 5.92 Å². The predicted molar refractivity (Wildman–Crippen MR) is 129 cm³/mol. The van der Waals surface area contributed by atoms with Gasteiger partial charge in [0.15, 0.2) is 0 Å². The van der Waals surface area contributed by atoms with Gasteiger partial charge in [-0.1, -0.05) is 0 Å². The lowest BCUT2D eigenvalue weighted by Gasteiger charge is -2.49. The molecule has 5 rings (SSSR count). The molecule has 1 aromatic heterocycles. The molecule has 3 aliphatic rings. The summed E-state index contributed by atoms with van der Waals surface area (Å²) < 4.78 is 45.6. The van der Waals surface area contributed by atoms with Crippen LogP contribution in [-0.2, 0) is 22.1 Å².